The zero-order valence-electron chi connectivity index (χ0n) is 11.9. The number of hydrogen-bond acceptors (Lipinski definition) is 3. The van der Waals surface area contributed by atoms with Crippen LogP contribution in [0.2, 0.25) is 0 Å². The molecule has 1 saturated heterocycles. The molecule has 0 aromatic heterocycles. The molecule has 1 amide bonds. The molecule has 1 fully saturated rings. The van der Waals surface area contributed by atoms with Gasteiger partial charge in [0.15, 0.2) is 0 Å². The maximum atomic E-state index is 12.6. The number of nitrogens with zero attached hydrogens (tertiary/aromatic N) is 1. The fourth-order valence-electron chi connectivity index (χ4n) is 2.28. The molecule has 1 aliphatic rings. The Labute approximate surface area is 119 Å². The first-order valence-corrected chi connectivity index (χ1v) is 7.67. The summed E-state index contributed by atoms with van der Waals surface area (Å²) in [7, 11) is 0. The van der Waals surface area contributed by atoms with Gasteiger partial charge in [-0.25, -0.2) is 0 Å². The molecule has 0 bridgehead atoms. The average molecular weight is 278 g/mol. The minimum Gasteiger partial charge on any atom is -0.398 e. The van der Waals surface area contributed by atoms with E-state index in [2.05, 4.69) is 13.8 Å². The van der Waals surface area contributed by atoms with Crippen LogP contribution in [0.1, 0.15) is 36.2 Å². The molecule has 2 rings (SSSR count). The highest BCUT2D eigenvalue weighted by molar-refractivity contribution is 8.00. The predicted molar refractivity (Wildman–Crippen MR) is 82.6 cm³/mol. The van der Waals surface area contributed by atoms with E-state index in [1.54, 1.807) is 0 Å². The second-order valence-electron chi connectivity index (χ2n) is 5.67. The van der Waals surface area contributed by atoms with Gasteiger partial charge in [0.25, 0.3) is 5.91 Å². The van der Waals surface area contributed by atoms with Gasteiger partial charge in [-0.05, 0) is 31.0 Å². The number of carbonyl (C=O) groups excluding carboxylic acids is 1. The maximum Gasteiger partial charge on any atom is 0.254 e. The van der Waals surface area contributed by atoms with Gasteiger partial charge in [-0.15, -0.1) is 0 Å². The third-order valence-corrected chi connectivity index (χ3v) is 5.10. The summed E-state index contributed by atoms with van der Waals surface area (Å²) in [5.41, 5.74) is 8.21. The molecule has 2 N–H and O–H groups in total. The van der Waals surface area contributed by atoms with E-state index in [0.717, 1.165) is 36.4 Å². The van der Waals surface area contributed by atoms with E-state index in [9.17, 15) is 4.79 Å². The average Bonchev–Trinajstić information content (AvgIpc) is 2.53. The van der Waals surface area contributed by atoms with Crippen LogP contribution in [0.3, 0.4) is 0 Å². The lowest BCUT2D eigenvalue weighted by atomic mass is 10.0. The molecule has 0 aliphatic carbocycles. The Morgan fingerprint density at radius 3 is 2.84 bits per heavy atom. The Balaban J connectivity index is 2.18. The first-order valence-electron chi connectivity index (χ1n) is 6.69. The van der Waals surface area contributed by atoms with Crippen molar-refractivity contribution in [3.8, 4) is 0 Å². The van der Waals surface area contributed by atoms with E-state index in [1.807, 2.05) is 41.8 Å². The molecule has 0 saturated carbocycles. The van der Waals surface area contributed by atoms with Crippen LogP contribution in [0, 0.1) is 6.92 Å². The highest BCUT2D eigenvalue weighted by atomic mass is 32.2. The lowest BCUT2D eigenvalue weighted by Gasteiger charge is -2.23. The molecule has 104 valence electrons. The van der Waals surface area contributed by atoms with Gasteiger partial charge in [0, 0.05) is 34.8 Å². The fourth-order valence-corrected chi connectivity index (χ4v) is 3.38. The van der Waals surface area contributed by atoms with Crippen molar-refractivity contribution in [2.45, 2.75) is 31.9 Å². The zero-order valence-corrected chi connectivity index (χ0v) is 12.7. The molecule has 0 radical (unpaired) electrons. The van der Waals surface area contributed by atoms with Crippen molar-refractivity contribution >= 4 is 23.4 Å². The highest BCUT2D eigenvalue weighted by Gasteiger charge is 2.27. The van der Waals surface area contributed by atoms with Crippen molar-refractivity contribution in [1.29, 1.82) is 0 Å². The van der Waals surface area contributed by atoms with Crippen molar-refractivity contribution in [2.75, 3.05) is 24.6 Å². The van der Waals surface area contributed by atoms with E-state index >= 15 is 0 Å². The van der Waals surface area contributed by atoms with Crippen LogP contribution in [0.25, 0.3) is 0 Å². The Kier molecular flexibility index (Phi) is 4.09. The Hall–Kier alpha value is -1.16. The monoisotopic (exact) mass is 278 g/mol. The number of nitrogens with two attached hydrogens (primary N) is 1. The van der Waals surface area contributed by atoms with Crippen LogP contribution in [-0.4, -0.2) is 34.4 Å². The number of rotatable bonds is 1. The molecule has 1 aromatic carbocycles. The molecular weight excluding hydrogens is 256 g/mol. The Morgan fingerprint density at radius 1 is 1.37 bits per heavy atom. The normalized spacial score (nSPS) is 19.0. The lowest BCUT2D eigenvalue weighted by Crippen LogP contribution is -2.34. The highest BCUT2D eigenvalue weighted by Crippen LogP contribution is 2.31. The van der Waals surface area contributed by atoms with Crippen molar-refractivity contribution < 1.29 is 4.79 Å². The molecule has 0 unspecified atom stereocenters. The number of amides is 1. The van der Waals surface area contributed by atoms with Crippen molar-refractivity contribution in [3.63, 3.8) is 0 Å². The van der Waals surface area contributed by atoms with Crippen LogP contribution >= 0.6 is 11.8 Å². The van der Waals surface area contributed by atoms with Gasteiger partial charge in [0.05, 0.1) is 0 Å². The van der Waals surface area contributed by atoms with Gasteiger partial charge in [-0.3, -0.25) is 4.79 Å². The molecule has 1 heterocycles. The first kappa shape index (κ1) is 14.3. The van der Waals surface area contributed by atoms with Crippen LogP contribution in [0.4, 0.5) is 5.69 Å². The second-order valence-corrected chi connectivity index (χ2v) is 7.47. The quantitative estimate of drug-likeness (QED) is 0.803. The number of anilines is 1. The summed E-state index contributed by atoms with van der Waals surface area (Å²) in [6.45, 7) is 8.06. The Morgan fingerprint density at radius 2 is 2.11 bits per heavy atom. The van der Waals surface area contributed by atoms with Gasteiger partial charge < -0.3 is 10.6 Å². The van der Waals surface area contributed by atoms with Crippen LogP contribution in [0.15, 0.2) is 18.2 Å². The van der Waals surface area contributed by atoms with Gasteiger partial charge in [-0.2, -0.15) is 11.8 Å². The maximum absolute atomic E-state index is 12.6. The molecule has 3 nitrogen and oxygen atoms in total. The molecule has 19 heavy (non-hydrogen) atoms. The molecule has 4 heteroatoms. The van der Waals surface area contributed by atoms with Crippen LogP contribution < -0.4 is 5.73 Å². The molecule has 1 aliphatic heterocycles. The molecular formula is C15H22N2OS. The summed E-state index contributed by atoms with van der Waals surface area (Å²) < 4.78 is 0.264. The summed E-state index contributed by atoms with van der Waals surface area (Å²) in [5.74, 6) is 1.11. The van der Waals surface area contributed by atoms with E-state index < -0.39 is 0 Å². The third-order valence-electron chi connectivity index (χ3n) is 3.73. The minimum absolute atomic E-state index is 0.114. The summed E-state index contributed by atoms with van der Waals surface area (Å²) in [6, 6.07) is 5.57. The number of nitrogen functional groups attached to an aromatic ring is 1. The van der Waals surface area contributed by atoms with Gasteiger partial charge in [0.1, 0.15) is 0 Å². The van der Waals surface area contributed by atoms with E-state index in [-0.39, 0.29) is 10.7 Å². The number of carbonyl (C=O) groups is 1. The summed E-state index contributed by atoms with van der Waals surface area (Å²) in [5, 5.41) is 0. The molecule has 0 atom stereocenters. The Bertz CT molecular complexity index is 485. The first-order chi connectivity index (χ1) is 8.91. The van der Waals surface area contributed by atoms with Crippen LogP contribution in [-0.2, 0) is 0 Å². The number of thioether (sulfide) groups is 1. The largest absolute Gasteiger partial charge is 0.398 e. The summed E-state index contributed by atoms with van der Waals surface area (Å²) in [4.78, 5) is 14.6. The van der Waals surface area contributed by atoms with Crippen molar-refractivity contribution in [2.24, 2.45) is 0 Å². The van der Waals surface area contributed by atoms with E-state index in [4.69, 9.17) is 5.73 Å². The SMILES string of the molecule is Cc1c(N)cccc1C(=O)N1CCSC(C)(C)CC1. The third kappa shape index (κ3) is 3.24. The molecule has 0 spiro atoms. The topological polar surface area (TPSA) is 46.3 Å². The standard InChI is InChI=1S/C15H22N2OS/c1-11-12(5-4-6-13(11)16)14(18)17-8-7-15(2,3)19-10-9-17/h4-6H,7-10,16H2,1-3H3. The van der Waals surface area contributed by atoms with E-state index in [0.29, 0.717) is 5.69 Å². The smallest absolute Gasteiger partial charge is 0.254 e. The van der Waals surface area contributed by atoms with E-state index in [1.165, 1.54) is 0 Å². The predicted octanol–water partition coefficient (Wildman–Crippen LogP) is 2.93. The van der Waals surface area contributed by atoms with Gasteiger partial charge in [0.2, 0.25) is 0 Å². The van der Waals surface area contributed by atoms with Crippen molar-refractivity contribution in [3.05, 3.63) is 29.3 Å². The van der Waals surface area contributed by atoms with Crippen molar-refractivity contribution in [1.82, 2.24) is 4.90 Å². The second kappa shape index (κ2) is 5.45. The lowest BCUT2D eigenvalue weighted by molar-refractivity contribution is 0.0764. The summed E-state index contributed by atoms with van der Waals surface area (Å²) in [6.07, 6.45) is 1.03. The number of hydrogen-bond donors (Lipinski definition) is 1. The fraction of sp³-hybridized carbons (Fsp3) is 0.533. The minimum atomic E-state index is 0.114. The zero-order chi connectivity index (χ0) is 14.0. The molecule has 1 aromatic rings. The number of benzene rings is 1. The van der Waals surface area contributed by atoms with Gasteiger partial charge in [-0.1, -0.05) is 19.9 Å². The summed E-state index contributed by atoms with van der Waals surface area (Å²) >= 11 is 1.95. The van der Waals surface area contributed by atoms with Gasteiger partial charge >= 0.3 is 0 Å². The van der Waals surface area contributed by atoms with Crippen LogP contribution in [0.5, 0.6) is 0 Å².